The molecule has 0 spiro atoms. The molecule has 0 N–H and O–H groups in total. The highest BCUT2D eigenvalue weighted by Crippen LogP contribution is 2.42. The normalized spacial score (nSPS) is 27.5. The Labute approximate surface area is 69.0 Å². The van der Waals surface area contributed by atoms with Crippen molar-refractivity contribution in [1.29, 1.82) is 0 Å². The lowest BCUT2D eigenvalue weighted by Gasteiger charge is -2.30. The molecule has 11 heavy (non-hydrogen) atoms. The number of rotatable bonds is 0. The molecule has 0 unspecified atom stereocenters. The Hall–Kier alpha value is -0.520. The molecule has 0 atom stereocenters. The van der Waals surface area contributed by atoms with Crippen LogP contribution in [0.5, 0.6) is 0 Å². The van der Waals surface area contributed by atoms with E-state index in [4.69, 9.17) is 0 Å². The first-order chi connectivity index (χ1) is 5.17. The van der Waals surface area contributed by atoms with Gasteiger partial charge < -0.3 is 0 Å². The zero-order valence-electron chi connectivity index (χ0n) is 7.48. The molecule has 0 aromatic heterocycles. The SMILES string of the molecule is CC1(C)CCC2=C(C=CC2)C1. The molecule has 2 aliphatic rings. The van der Waals surface area contributed by atoms with Crippen molar-refractivity contribution in [2.45, 2.75) is 39.5 Å². The lowest BCUT2D eigenvalue weighted by molar-refractivity contribution is 0.317. The second-order valence-corrected chi connectivity index (χ2v) is 4.58. The summed E-state index contributed by atoms with van der Waals surface area (Å²) in [7, 11) is 0. The molecule has 60 valence electrons. The van der Waals surface area contributed by atoms with E-state index in [0.717, 1.165) is 0 Å². The minimum atomic E-state index is 0.563. The van der Waals surface area contributed by atoms with Crippen molar-refractivity contribution in [3.63, 3.8) is 0 Å². The predicted octanol–water partition coefficient (Wildman–Crippen LogP) is 3.45. The van der Waals surface area contributed by atoms with E-state index >= 15 is 0 Å². The first kappa shape index (κ1) is 7.15. The lowest BCUT2D eigenvalue weighted by atomic mass is 9.75. The summed E-state index contributed by atoms with van der Waals surface area (Å²) in [6, 6.07) is 0. The van der Waals surface area contributed by atoms with Crippen LogP contribution in [0.15, 0.2) is 23.3 Å². The van der Waals surface area contributed by atoms with Crippen LogP contribution in [0.2, 0.25) is 0 Å². The minimum Gasteiger partial charge on any atom is -0.0802 e. The molecule has 0 aliphatic heterocycles. The smallest absolute Gasteiger partial charge is 0.0130 e. The van der Waals surface area contributed by atoms with E-state index in [0.29, 0.717) is 5.41 Å². The van der Waals surface area contributed by atoms with Crippen LogP contribution in [0.3, 0.4) is 0 Å². The lowest BCUT2D eigenvalue weighted by Crippen LogP contribution is -2.16. The molecule has 0 bridgehead atoms. The molecule has 2 rings (SSSR count). The average molecular weight is 148 g/mol. The van der Waals surface area contributed by atoms with Gasteiger partial charge in [-0.3, -0.25) is 0 Å². The van der Waals surface area contributed by atoms with Crippen molar-refractivity contribution >= 4 is 0 Å². The van der Waals surface area contributed by atoms with Gasteiger partial charge in [0.25, 0.3) is 0 Å². The fourth-order valence-electron chi connectivity index (χ4n) is 2.13. The summed E-state index contributed by atoms with van der Waals surface area (Å²) in [5.41, 5.74) is 3.92. The van der Waals surface area contributed by atoms with Crippen LogP contribution < -0.4 is 0 Å². The minimum absolute atomic E-state index is 0.563. The third-order valence-corrected chi connectivity index (χ3v) is 2.91. The summed E-state index contributed by atoms with van der Waals surface area (Å²) < 4.78 is 0. The summed E-state index contributed by atoms with van der Waals surface area (Å²) in [5, 5.41) is 0. The highest BCUT2D eigenvalue weighted by atomic mass is 14.3. The van der Waals surface area contributed by atoms with Gasteiger partial charge in [-0.15, -0.1) is 0 Å². The molecule has 0 nitrogen and oxygen atoms in total. The Balaban J connectivity index is 2.22. The summed E-state index contributed by atoms with van der Waals surface area (Å²) >= 11 is 0. The van der Waals surface area contributed by atoms with Gasteiger partial charge in [0, 0.05) is 0 Å². The highest BCUT2D eigenvalue weighted by Gasteiger charge is 2.26. The fraction of sp³-hybridized carbons (Fsp3) is 0.636. The van der Waals surface area contributed by atoms with E-state index in [1.54, 1.807) is 11.1 Å². The number of hydrogen-bond donors (Lipinski definition) is 0. The molecule has 0 heterocycles. The number of allylic oxidation sites excluding steroid dienone is 4. The van der Waals surface area contributed by atoms with Crippen LogP contribution in [0, 0.1) is 5.41 Å². The third kappa shape index (κ3) is 1.26. The molecule has 0 aromatic rings. The van der Waals surface area contributed by atoms with Gasteiger partial charge in [0.15, 0.2) is 0 Å². The van der Waals surface area contributed by atoms with E-state index in [2.05, 4.69) is 26.0 Å². The fourth-order valence-corrected chi connectivity index (χ4v) is 2.13. The number of hydrogen-bond acceptors (Lipinski definition) is 0. The van der Waals surface area contributed by atoms with Crippen LogP contribution in [0.25, 0.3) is 0 Å². The van der Waals surface area contributed by atoms with Gasteiger partial charge in [-0.05, 0) is 36.7 Å². The predicted molar refractivity (Wildman–Crippen MR) is 48.4 cm³/mol. The maximum absolute atomic E-state index is 2.38. The van der Waals surface area contributed by atoms with Gasteiger partial charge in [-0.2, -0.15) is 0 Å². The highest BCUT2D eigenvalue weighted by molar-refractivity contribution is 5.36. The summed E-state index contributed by atoms with van der Waals surface area (Å²) in [6.45, 7) is 4.76. The van der Waals surface area contributed by atoms with Crippen LogP contribution in [0.4, 0.5) is 0 Å². The molecule has 2 aliphatic carbocycles. The van der Waals surface area contributed by atoms with Crippen molar-refractivity contribution in [3.8, 4) is 0 Å². The topological polar surface area (TPSA) is 0 Å². The van der Waals surface area contributed by atoms with Crippen LogP contribution in [-0.4, -0.2) is 0 Å². The average Bonchev–Trinajstić information content (AvgIpc) is 2.31. The maximum Gasteiger partial charge on any atom is -0.0130 e. The standard InChI is InChI=1S/C11H16/c1-11(2)7-6-9-4-3-5-10(9)8-11/h3,5H,4,6-8H2,1-2H3. The second-order valence-electron chi connectivity index (χ2n) is 4.58. The molecular weight excluding hydrogens is 132 g/mol. The van der Waals surface area contributed by atoms with Gasteiger partial charge in [0.2, 0.25) is 0 Å². The van der Waals surface area contributed by atoms with Gasteiger partial charge in [0.1, 0.15) is 0 Å². The van der Waals surface area contributed by atoms with Crippen molar-refractivity contribution in [2.75, 3.05) is 0 Å². The molecule has 0 amide bonds. The van der Waals surface area contributed by atoms with Gasteiger partial charge in [-0.25, -0.2) is 0 Å². The summed E-state index contributed by atoms with van der Waals surface area (Å²) in [6.07, 6.45) is 9.91. The second kappa shape index (κ2) is 2.23. The van der Waals surface area contributed by atoms with E-state index in [1.165, 1.54) is 25.7 Å². The van der Waals surface area contributed by atoms with E-state index in [1.807, 2.05) is 0 Å². The van der Waals surface area contributed by atoms with Crippen molar-refractivity contribution < 1.29 is 0 Å². The van der Waals surface area contributed by atoms with Gasteiger partial charge >= 0.3 is 0 Å². The third-order valence-electron chi connectivity index (χ3n) is 2.91. The first-order valence-corrected chi connectivity index (χ1v) is 4.55. The molecule has 0 aromatic carbocycles. The Morgan fingerprint density at radius 2 is 2.18 bits per heavy atom. The quantitative estimate of drug-likeness (QED) is 0.493. The molecule has 0 saturated heterocycles. The Morgan fingerprint density at radius 3 is 3.00 bits per heavy atom. The van der Waals surface area contributed by atoms with Crippen LogP contribution in [-0.2, 0) is 0 Å². The Morgan fingerprint density at radius 1 is 1.36 bits per heavy atom. The van der Waals surface area contributed by atoms with Crippen molar-refractivity contribution in [2.24, 2.45) is 5.41 Å². The van der Waals surface area contributed by atoms with E-state index in [-0.39, 0.29) is 0 Å². The van der Waals surface area contributed by atoms with E-state index in [9.17, 15) is 0 Å². The molecule has 0 saturated carbocycles. The Kier molecular flexibility index (Phi) is 1.45. The molecule has 0 heteroatoms. The summed E-state index contributed by atoms with van der Waals surface area (Å²) in [5.74, 6) is 0. The van der Waals surface area contributed by atoms with E-state index < -0.39 is 0 Å². The van der Waals surface area contributed by atoms with Gasteiger partial charge in [0.05, 0.1) is 0 Å². The van der Waals surface area contributed by atoms with Crippen molar-refractivity contribution in [3.05, 3.63) is 23.3 Å². The maximum atomic E-state index is 2.38. The molecular formula is C11H16. The van der Waals surface area contributed by atoms with Crippen LogP contribution >= 0.6 is 0 Å². The van der Waals surface area contributed by atoms with Crippen LogP contribution in [0.1, 0.15) is 39.5 Å². The first-order valence-electron chi connectivity index (χ1n) is 4.55. The zero-order valence-corrected chi connectivity index (χ0v) is 7.48. The molecule has 0 fully saturated rings. The largest absolute Gasteiger partial charge is 0.0802 e. The van der Waals surface area contributed by atoms with Crippen molar-refractivity contribution in [1.82, 2.24) is 0 Å². The monoisotopic (exact) mass is 148 g/mol. The Bertz CT molecular complexity index is 228. The summed E-state index contributed by atoms with van der Waals surface area (Å²) in [4.78, 5) is 0. The molecule has 0 radical (unpaired) electrons. The van der Waals surface area contributed by atoms with Gasteiger partial charge in [-0.1, -0.05) is 31.6 Å². The zero-order chi connectivity index (χ0) is 7.90.